The number of hydrogen-bond acceptors (Lipinski definition) is 3. The minimum absolute atomic E-state index is 0.0865. The number of carbonyl (C=O) groups excluding carboxylic acids is 1. The maximum absolute atomic E-state index is 13.2. The van der Waals surface area contributed by atoms with Crippen molar-refractivity contribution < 1.29 is 13.2 Å². The molecule has 0 saturated carbocycles. The molecule has 0 radical (unpaired) electrons. The third kappa shape index (κ3) is 4.77. The maximum atomic E-state index is 13.2. The molecule has 7 heteroatoms. The number of rotatable bonds is 7. The number of nitrogens with one attached hydrogen (secondary N) is 1. The predicted octanol–water partition coefficient (Wildman–Crippen LogP) is 3.68. The Kier molecular flexibility index (Phi) is 6.67. The smallest absolute Gasteiger partial charge is 0.264 e. The number of carbonyl (C=O) groups is 1. The summed E-state index contributed by atoms with van der Waals surface area (Å²) in [5.41, 5.74) is 2.45. The third-order valence-electron chi connectivity index (χ3n) is 4.04. The van der Waals surface area contributed by atoms with Crippen molar-refractivity contribution in [1.29, 1.82) is 0 Å². The van der Waals surface area contributed by atoms with E-state index in [2.05, 4.69) is 5.32 Å². The van der Waals surface area contributed by atoms with Crippen LogP contribution in [-0.4, -0.2) is 27.4 Å². The van der Waals surface area contributed by atoms with Gasteiger partial charge < -0.3 is 5.32 Å². The van der Waals surface area contributed by atoms with Crippen LogP contribution in [-0.2, 0) is 14.8 Å². The van der Waals surface area contributed by atoms with E-state index >= 15 is 0 Å². The number of halogens is 1. The van der Waals surface area contributed by atoms with Crippen LogP contribution in [0.3, 0.4) is 0 Å². The van der Waals surface area contributed by atoms with Gasteiger partial charge in [-0.1, -0.05) is 24.6 Å². The third-order valence-corrected chi connectivity index (χ3v) is 6.08. The van der Waals surface area contributed by atoms with Crippen molar-refractivity contribution in [2.24, 2.45) is 0 Å². The molecule has 0 aromatic heterocycles. The highest BCUT2D eigenvalue weighted by molar-refractivity contribution is 7.92. The van der Waals surface area contributed by atoms with E-state index in [1.165, 1.54) is 24.3 Å². The van der Waals surface area contributed by atoms with Crippen LogP contribution in [0.25, 0.3) is 0 Å². The molecule has 0 bridgehead atoms. The lowest BCUT2D eigenvalue weighted by Gasteiger charge is -2.25. The van der Waals surface area contributed by atoms with E-state index in [-0.39, 0.29) is 17.3 Å². The number of sulfonamides is 1. The van der Waals surface area contributed by atoms with Gasteiger partial charge in [0.25, 0.3) is 10.0 Å². The van der Waals surface area contributed by atoms with E-state index in [1.807, 2.05) is 26.8 Å². The van der Waals surface area contributed by atoms with Crippen molar-refractivity contribution in [3.05, 3.63) is 58.6 Å². The summed E-state index contributed by atoms with van der Waals surface area (Å²) in [7, 11) is -3.91. The van der Waals surface area contributed by atoms with Crippen LogP contribution in [0.2, 0.25) is 5.02 Å². The summed E-state index contributed by atoms with van der Waals surface area (Å²) in [5, 5.41) is 3.17. The molecule has 1 amide bonds. The molecule has 1 N–H and O–H groups in total. The number of nitrogens with zero attached hydrogens (tertiary/aromatic N) is 1. The molecule has 2 rings (SSSR count). The highest BCUT2D eigenvalue weighted by Gasteiger charge is 2.27. The summed E-state index contributed by atoms with van der Waals surface area (Å²) in [4.78, 5) is 12.3. The van der Waals surface area contributed by atoms with Gasteiger partial charge in [-0.25, -0.2) is 8.42 Å². The summed E-state index contributed by atoms with van der Waals surface area (Å²) < 4.78 is 27.4. The van der Waals surface area contributed by atoms with E-state index < -0.39 is 10.0 Å². The van der Waals surface area contributed by atoms with Crippen LogP contribution in [0.5, 0.6) is 0 Å². The zero-order valence-corrected chi connectivity index (χ0v) is 16.7. The Balaban J connectivity index is 2.46. The Morgan fingerprint density at radius 3 is 2.31 bits per heavy atom. The zero-order valence-electron chi connectivity index (χ0n) is 15.1. The summed E-state index contributed by atoms with van der Waals surface area (Å²) in [6.45, 7) is 6.01. The maximum Gasteiger partial charge on any atom is 0.264 e. The van der Waals surface area contributed by atoms with Crippen molar-refractivity contribution in [2.75, 3.05) is 17.4 Å². The summed E-state index contributed by atoms with van der Waals surface area (Å²) in [6.07, 6.45) is 0.777. The molecule has 2 aromatic rings. The lowest BCUT2D eigenvalue weighted by Crippen LogP contribution is -2.41. The second-order valence-electron chi connectivity index (χ2n) is 6.08. The van der Waals surface area contributed by atoms with Gasteiger partial charge in [-0.15, -0.1) is 0 Å². The Morgan fingerprint density at radius 1 is 1.08 bits per heavy atom. The minimum atomic E-state index is -3.91. The van der Waals surface area contributed by atoms with Crippen molar-refractivity contribution in [3.8, 4) is 0 Å². The number of aryl methyl sites for hydroxylation is 2. The van der Waals surface area contributed by atoms with Crippen molar-refractivity contribution in [3.63, 3.8) is 0 Å². The summed E-state index contributed by atoms with van der Waals surface area (Å²) in [6, 6.07) is 11.2. The average molecular weight is 395 g/mol. The Bertz CT molecular complexity index is 880. The summed E-state index contributed by atoms with van der Waals surface area (Å²) in [5.74, 6) is -0.345. The van der Waals surface area contributed by atoms with Gasteiger partial charge in [0.05, 0.1) is 10.6 Å². The topological polar surface area (TPSA) is 66.5 Å². The Labute approximate surface area is 160 Å². The molecular weight excluding hydrogens is 372 g/mol. The first-order valence-corrected chi connectivity index (χ1v) is 10.2. The summed E-state index contributed by atoms with van der Waals surface area (Å²) >= 11 is 5.87. The fourth-order valence-corrected chi connectivity index (χ4v) is 3.92. The van der Waals surface area contributed by atoms with Gasteiger partial charge in [-0.3, -0.25) is 9.10 Å². The number of hydrogen-bond donors (Lipinski definition) is 1. The Morgan fingerprint density at radius 2 is 1.73 bits per heavy atom. The van der Waals surface area contributed by atoms with Crippen LogP contribution in [0, 0.1) is 13.8 Å². The van der Waals surface area contributed by atoms with Crippen LogP contribution in [0.15, 0.2) is 47.4 Å². The van der Waals surface area contributed by atoms with Crippen molar-refractivity contribution in [2.45, 2.75) is 32.1 Å². The molecule has 0 saturated heterocycles. The lowest BCUT2D eigenvalue weighted by molar-refractivity contribution is -0.119. The first-order valence-electron chi connectivity index (χ1n) is 8.38. The molecule has 26 heavy (non-hydrogen) atoms. The normalized spacial score (nSPS) is 11.2. The van der Waals surface area contributed by atoms with E-state index in [0.717, 1.165) is 21.9 Å². The number of anilines is 1. The molecule has 140 valence electrons. The largest absolute Gasteiger partial charge is 0.355 e. The first-order chi connectivity index (χ1) is 12.3. The fraction of sp³-hybridized carbons (Fsp3) is 0.316. The highest BCUT2D eigenvalue weighted by Crippen LogP contribution is 2.26. The van der Waals surface area contributed by atoms with Crippen LogP contribution >= 0.6 is 11.6 Å². The molecule has 0 unspecified atom stereocenters. The average Bonchev–Trinajstić information content (AvgIpc) is 2.60. The van der Waals surface area contributed by atoms with Gasteiger partial charge in [-0.2, -0.15) is 0 Å². The second kappa shape index (κ2) is 8.56. The number of benzene rings is 2. The SMILES string of the molecule is CCCNC(=O)CN(c1ccc(C)c(C)c1)S(=O)(=O)c1ccc(Cl)cc1. The van der Waals surface area contributed by atoms with Crippen molar-refractivity contribution in [1.82, 2.24) is 5.32 Å². The van der Waals surface area contributed by atoms with E-state index in [9.17, 15) is 13.2 Å². The van der Waals surface area contributed by atoms with E-state index in [4.69, 9.17) is 11.6 Å². The predicted molar refractivity (Wildman–Crippen MR) is 105 cm³/mol. The molecule has 0 aliphatic rings. The van der Waals surface area contributed by atoms with Gasteiger partial charge in [0.15, 0.2) is 0 Å². The number of amides is 1. The fourth-order valence-electron chi connectivity index (χ4n) is 2.38. The minimum Gasteiger partial charge on any atom is -0.355 e. The van der Waals surface area contributed by atoms with Gasteiger partial charge in [0.2, 0.25) is 5.91 Å². The second-order valence-corrected chi connectivity index (χ2v) is 8.38. The molecule has 5 nitrogen and oxygen atoms in total. The quantitative estimate of drug-likeness (QED) is 0.778. The molecular formula is C19H23ClN2O3S. The molecule has 0 heterocycles. The molecule has 0 aliphatic heterocycles. The van der Waals surface area contributed by atoms with Gasteiger partial charge in [0, 0.05) is 11.6 Å². The molecule has 0 atom stereocenters. The molecule has 0 spiro atoms. The van der Waals surface area contributed by atoms with Crippen LogP contribution < -0.4 is 9.62 Å². The van der Waals surface area contributed by atoms with Crippen LogP contribution in [0.1, 0.15) is 24.5 Å². The monoisotopic (exact) mass is 394 g/mol. The molecule has 0 fully saturated rings. The highest BCUT2D eigenvalue weighted by atomic mass is 35.5. The Hall–Kier alpha value is -2.05. The van der Waals surface area contributed by atoms with Crippen molar-refractivity contribution >= 4 is 33.2 Å². The molecule has 0 aliphatic carbocycles. The van der Waals surface area contributed by atoms with Gasteiger partial charge in [0.1, 0.15) is 6.54 Å². The van der Waals surface area contributed by atoms with Crippen LogP contribution in [0.4, 0.5) is 5.69 Å². The van der Waals surface area contributed by atoms with E-state index in [1.54, 1.807) is 12.1 Å². The zero-order chi connectivity index (χ0) is 19.3. The standard InChI is InChI=1S/C19H23ClN2O3S/c1-4-11-21-19(23)13-22(17-8-5-14(2)15(3)12-17)26(24,25)18-9-6-16(20)7-10-18/h5-10,12H,4,11,13H2,1-3H3,(H,21,23). The first kappa shape index (κ1) is 20.3. The van der Waals surface area contributed by atoms with Gasteiger partial charge in [-0.05, 0) is 67.8 Å². The molecule has 2 aromatic carbocycles. The van der Waals surface area contributed by atoms with Gasteiger partial charge >= 0.3 is 0 Å². The van der Waals surface area contributed by atoms with E-state index in [0.29, 0.717) is 17.3 Å². The lowest BCUT2D eigenvalue weighted by atomic mass is 10.1.